The molecular formula is C19H22N4O7. The van der Waals surface area contributed by atoms with Crippen molar-refractivity contribution in [3.05, 3.63) is 44.9 Å². The molecule has 3 rings (SSSR count). The molecule has 0 aliphatic carbocycles. The highest BCUT2D eigenvalue weighted by molar-refractivity contribution is 5.92. The van der Waals surface area contributed by atoms with Crippen LogP contribution in [0.15, 0.2) is 28.0 Å². The van der Waals surface area contributed by atoms with E-state index in [2.05, 4.69) is 4.98 Å². The van der Waals surface area contributed by atoms with Crippen LogP contribution in [-0.4, -0.2) is 50.6 Å². The van der Waals surface area contributed by atoms with E-state index in [1.807, 2.05) is 0 Å². The lowest BCUT2D eigenvalue weighted by Crippen LogP contribution is -2.37. The molecule has 0 atom stereocenters. The Kier molecular flexibility index (Phi) is 5.81. The monoisotopic (exact) mass is 418 g/mol. The number of carbonyl (C=O) groups is 1. The lowest BCUT2D eigenvalue weighted by Gasteiger charge is -2.15. The average molecular weight is 418 g/mol. The van der Waals surface area contributed by atoms with E-state index in [9.17, 15) is 19.5 Å². The van der Waals surface area contributed by atoms with Crippen molar-refractivity contribution in [2.45, 2.75) is 13.0 Å². The Morgan fingerprint density at radius 3 is 2.50 bits per heavy atom. The number of carboxylic acids is 1. The van der Waals surface area contributed by atoms with Crippen LogP contribution in [0.5, 0.6) is 17.2 Å². The van der Waals surface area contributed by atoms with Crippen molar-refractivity contribution in [3.63, 3.8) is 0 Å². The van der Waals surface area contributed by atoms with Gasteiger partial charge < -0.3 is 23.9 Å². The standard InChI is InChI=1S/C19H22N4O7/c1-21-16-14(17(24)22(2)19(21)27)23(10-20-16)6-5-7-30-15-12(18(25)26)8-11(28-3)9-13(15)29-4/h8-10H,5-7H2,1-4H3,(H,25,26). The zero-order chi connectivity index (χ0) is 22.0. The number of aryl methyl sites for hydroxylation is 2. The molecule has 0 saturated heterocycles. The molecule has 1 aromatic carbocycles. The Morgan fingerprint density at radius 2 is 1.87 bits per heavy atom. The van der Waals surface area contributed by atoms with Gasteiger partial charge in [-0.15, -0.1) is 0 Å². The lowest BCUT2D eigenvalue weighted by atomic mass is 10.1. The summed E-state index contributed by atoms with van der Waals surface area (Å²) in [6, 6.07) is 2.89. The van der Waals surface area contributed by atoms with Crippen LogP contribution in [0.1, 0.15) is 16.8 Å². The van der Waals surface area contributed by atoms with E-state index in [0.717, 1.165) is 4.57 Å². The third kappa shape index (κ3) is 3.61. The summed E-state index contributed by atoms with van der Waals surface area (Å²) in [5, 5.41) is 9.47. The molecule has 0 bridgehead atoms. The van der Waals surface area contributed by atoms with Crippen molar-refractivity contribution < 1.29 is 24.1 Å². The van der Waals surface area contributed by atoms with Crippen LogP contribution >= 0.6 is 0 Å². The minimum absolute atomic E-state index is 0.0804. The first-order valence-electron chi connectivity index (χ1n) is 9.03. The predicted octanol–water partition coefficient (Wildman–Crippen LogP) is 0.618. The summed E-state index contributed by atoms with van der Waals surface area (Å²) in [6.45, 7) is 0.541. The number of methoxy groups -OCH3 is 2. The summed E-state index contributed by atoms with van der Waals surface area (Å²) >= 11 is 0. The van der Waals surface area contributed by atoms with Crippen LogP contribution in [0.2, 0.25) is 0 Å². The molecule has 2 heterocycles. The Labute approximate surface area is 170 Å². The smallest absolute Gasteiger partial charge is 0.339 e. The summed E-state index contributed by atoms with van der Waals surface area (Å²) in [7, 11) is 5.79. The van der Waals surface area contributed by atoms with Crippen LogP contribution in [0.3, 0.4) is 0 Å². The van der Waals surface area contributed by atoms with E-state index in [4.69, 9.17) is 14.2 Å². The number of hydrogen-bond donors (Lipinski definition) is 1. The first kappa shape index (κ1) is 21.0. The maximum absolute atomic E-state index is 12.5. The number of imidazole rings is 1. The van der Waals surface area contributed by atoms with E-state index in [1.165, 1.54) is 44.3 Å². The van der Waals surface area contributed by atoms with Crippen LogP contribution in [-0.2, 0) is 20.6 Å². The van der Waals surface area contributed by atoms with Gasteiger partial charge in [0.25, 0.3) is 5.56 Å². The van der Waals surface area contributed by atoms with Crippen LogP contribution < -0.4 is 25.5 Å². The van der Waals surface area contributed by atoms with Gasteiger partial charge in [-0.3, -0.25) is 13.9 Å². The third-order valence-electron chi connectivity index (χ3n) is 4.72. The van der Waals surface area contributed by atoms with Crippen molar-refractivity contribution >= 4 is 17.1 Å². The fraction of sp³-hybridized carbons (Fsp3) is 0.368. The molecule has 11 nitrogen and oxygen atoms in total. The molecule has 0 spiro atoms. The molecule has 1 N–H and O–H groups in total. The van der Waals surface area contributed by atoms with Crippen LogP contribution in [0.4, 0.5) is 0 Å². The van der Waals surface area contributed by atoms with Gasteiger partial charge >= 0.3 is 11.7 Å². The van der Waals surface area contributed by atoms with Gasteiger partial charge in [0.15, 0.2) is 22.7 Å². The number of carboxylic acid groups (broad SMARTS) is 1. The SMILES string of the molecule is COc1cc(OC)c(OCCCn2cnc3c2c(=O)n(C)c(=O)n3C)c(C(=O)O)c1. The van der Waals surface area contributed by atoms with Crippen molar-refractivity contribution in [1.82, 2.24) is 18.7 Å². The fourth-order valence-corrected chi connectivity index (χ4v) is 3.13. The van der Waals surface area contributed by atoms with Gasteiger partial charge in [0.2, 0.25) is 0 Å². The highest BCUT2D eigenvalue weighted by atomic mass is 16.5. The summed E-state index contributed by atoms with van der Waals surface area (Å²) < 4.78 is 20.0. The van der Waals surface area contributed by atoms with E-state index in [1.54, 1.807) is 11.6 Å². The van der Waals surface area contributed by atoms with Crippen LogP contribution in [0, 0.1) is 0 Å². The van der Waals surface area contributed by atoms with Crippen molar-refractivity contribution in [2.24, 2.45) is 14.1 Å². The quantitative estimate of drug-likeness (QED) is 0.528. The van der Waals surface area contributed by atoms with E-state index >= 15 is 0 Å². The highest BCUT2D eigenvalue weighted by Gasteiger charge is 2.19. The summed E-state index contributed by atoms with van der Waals surface area (Å²) in [5.41, 5.74) is -0.351. The molecule has 0 saturated carbocycles. The molecule has 0 fully saturated rings. The molecule has 160 valence electrons. The number of aromatic nitrogens is 4. The number of hydrogen-bond acceptors (Lipinski definition) is 7. The Balaban J connectivity index is 1.80. The normalized spacial score (nSPS) is 10.9. The maximum atomic E-state index is 12.5. The second-order valence-corrected chi connectivity index (χ2v) is 6.53. The van der Waals surface area contributed by atoms with Gasteiger partial charge in [-0.2, -0.15) is 0 Å². The van der Waals surface area contributed by atoms with Gasteiger partial charge in [0.1, 0.15) is 11.3 Å². The first-order chi connectivity index (χ1) is 14.3. The van der Waals surface area contributed by atoms with Gasteiger partial charge in [0, 0.05) is 26.7 Å². The molecule has 0 amide bonds. The molecule has 11 heteroatoms. The van der Waals surface area contributed by atoms with Gasteiger partial charge in [-0.1, -0.05) is 0 Å². The van der Waals surface area contributed by atoms with Crippen molar-refractivity contribution in [2.75, 3.05) is 20.8 Å². The molecule has 0 aliphatic rings. The average Bonchev–Trinajstić information content (AvgIpc) is 3.17. The molecule has 0 aliphatic heterocycles. The number of aromatic carboxylic acids is 1. The Morgan fingerprint density at radius 1 is 1.13 bits per heavy atom. The van der Waals surface area contributed by atoms with Crippen LogP contribution in [0.25, 0.3) is 11.2 Å². The Hall–Kier alpha value is -3.76. The molecule has 2 aromatic heterocycles. The summed E-state index contributed by atoms with van der Waals surface area (Å²) in [5.74, 6) is -0.501. The van der Waals surface area contributed by atoms with E-state index < -0.39 is 17.2 Å². The highest BCUT2D eigenvalue weighted by Crippen LogP contribution is 2.36. The van der Waals surface area contributed by atoms with E-state index in [0.29, 0.717) is 29.9 Å². The zero-order valence-electron chi connectivity index (χ0n) is 17.0. The first-order valence-corrected chi connectivity index (χ1v) is 9.03. The molecular weight excluding hydrogens is 396 g/mol. The minimum atomic E-state index is -1.17. The largest absolute Gasteiger partial charge is 0.497 e. The van der Waals surface area contributed by atoms with Gasteiger partial charge in [-0.25, -0.2) is 14.6 Å². The molecule has 0 unspecified atom stereocenters. The number of fused-ring (bicyclic) bond motifs is 1. The van der Waals surface area contributed by atoms with Gasteiger partial charge in [-0.05, 0) is 12.5 Å². The second-order valence-electron chi connectivity index (χ2n) is 6.53. The third-order valence-corrected chi connectivity index (χ3v) is 4.72. The Bertz CT molecular complexity index is 1220. The van der Waals surface area contributed by atoms with Gasteiger partial charge in [0.05, 0.1) is 27.2 Å². The number of ether oxygens (including phenoxy) is 3. The van der Waals surface area contributed by atoms with E-state index in [-0.39, 0.29) is 23.7 Å². The maximum Gasteiger partial charge on any atom is 0.339 e. The molecule has 30 heavy (non-hydrogen) atoms. The topological polar surface area (TPSA) is 127 Å². The zero-order valence-corrected chi connectivity index (χ0v) is 17.0. The number of rotatable bonds is 8. The summed E-state index contributed by atoms with van der Waals surface area (Å²) in [6.07, 6.45) is 1.94. The second kappa shape index (κ2) is 8.31. The lowest BCUT2D eigenvalue weighted by molar-refractivity contribution is 0.0690. The number of benzene rings is 1. The summed E-state index contributed by atoms with van der Waals surface area (Å²) in [4.78, 5) is 40.2. The number of nitrogens with zero attached hydrogens (tertiary/aromatic N) is 4. The molecule has 3 aromatic rings. The fourth-order valence-electron chi connectivity index (χ4n) is 3.13. The van der Waals surface area contributed by atoms with Crippen molar-refractivity contribution in [1.29, 1.82) is 0 Å². The van der Waals surface area contributed by atoms with Crippen molar-refractivity contribution in [3.8, 4) is 17.2 Å². The predicted molar refractivity (Wildman–Crippen MR) is 107 cm³/mol. The molecule has 0 radical (unpaired) electrons. The minimum Gasteiger partial charge on any atom is -0.497 e.